The van der Waals surface area contributed by atoms with E-state index >= 15 is 0 Å². The van der Waals surface area contributed by atoms with Crippen LogP contribution in [0.1, 0.15) is 6.92 Å². The van der Waals surface area contributed by atoms with E-state index < -0.39 is 0 Å². The molecule has 0 rings (SSSR count). The van der Waals surface area contributed by atoms with Crippen LogP contribution in [0.15, 0.2) is 30.4 Å². The van der Waals surface area contributed by atoms with E-state index in [1.54, 1.807) is 6.20 Å². The molecule has 0 unspecified atom stereocenters. The second-order valence-corrected chi connectivity index (χ2v) is 0.665. The van der Waals surface area contributed by atoms with E-state index in [2.05, 4.69) is 24.9 Å². The number of allylic oxidation sites excluding steroid dienone is 1. The van der Waals surface area contributed by atoms with Crippen LogP contribution in [0.5, 0.6) is 0 Å². The third-order valence-corrected chi connectivity index (χ3v) is 0.254. The van der Waals surface area contributed by atoms with Gasteiger partial charge >= 0.3 is 0 Å². The summed E-state index contributed by atoms with van der Waals surface area (Å²) in [6, 6.07) is 0. The summed E-state index contributed by atoms with van der Waals surface area (Å²) in [6.07, 6.45) is 3.47. The lowest BCUT2D eigenvalue weighted by atomic mass is 10.7. The van der Waals surface area contributed by atoms with Crippen LogP contribution in [-0.4, -0.2) is 6.72 Å². The molecular formula is C6H11N. The number of hydrogen-bond acceptors (Lipinski definition) is 1. The molecule has 0 aliphatic heterocycles. The highest BCUT2D eigenvalue weighted by Gasteiger charge is 1.41. The summed E-state index contributed by atoms with van der Waals surface area (Å²) in [6.45, 7) is 11.1. The summed E-state index contributed by atoms with van der Waals surface area (Å²) < 4.78 is 0. The van der Waals surface area contributed by atoms with Crippen LogP contribution in [0, 0.1) is 0 Å². The van der Waals surface area contributed by atoms with Gasteiger partial charge in [0.1, 0.15) is 0 Å². The van der Waals surface area contributed by atoms with Crippen LogP contribution in [0.3, 0.4) is 0 Å². The molecule has 0 aromatic rings. The molecule has 0 aliphatic rings. The van der Waals surface area contributed by atoms with Gasteiger partial charge < -0.3 is 0 Å². The SMILES string of the molecule is C=C.C=N/C=C\C. The minimum absolute atomic E-state index is 1.64. The average molecular weight is 97.2 g/mol. The summed E-state index contributed by atoms with van der Waals surface area (Å²) in [5.74, 6) is 0. The lowest BCUT2D eigenvalue weighted by Gasteiger charge is -1.58. The molecule has 1 nitrogen and oxygen atoms in total. The fourth-order valence-corrected chi connectivity index (χ4v) is 0.105. The fraction of sp³-hybridized carbons (Fsp3) is 0.167. The Labute approximate surface area is 45.1 Å². The van der Waals surface area contributed by atoms with Gasteiger partial charge in [0, 0.05) is 6.20 Å². The minimum atomic E-state index is 1.64. The molecule has 0 aromatic carbocycles. The molecule has 0 spiro atoms. The van der Waals surface area contributed by atoms with E-state index in [-0.39, 0.29) is 0 Å². The first kappa shape index (κ1) is 9.47. The van der Waals surface area contributed by atoms with Crippen molar-refractivity contribution >= 4 is 6.72 Å². The quantitative estimate of drug-likeness (QED) is 0.350. The van der Waals surface area contributed by atoms with Crippen molar-refractivity contribution in [3.63, 3.8) is 0 Å². The molecule has 0 aliphatic carbocycles. The second kappa shape index (κ2) is 19.2. The Bertz CT molecular complexity index is 55.2. The zero-order valence-corrected chi connectivity index (χ0v) is 4.72. The molecular weight excluding hydrogens is 86.1 g/mol. The molecule has 0 aromatic heterocycles. The fourth-order valence-electron chi connectivity index (χ4n) is 0.105. The van der Waals surface area contributed by atoms with Crippen LogP contribution in [0.2, 0.25) is 0 Å². The van der Waals surface area contributed by atoms with Gasteiger partial charge in [0.25, 0.3) is 0 Å². The Hall–Kier alpha value is -0.850. The van der Waals surface area contributed by atoms with E-state index in [1.807, 2.05) is 13.0 Å². The molecule has 40 valence electrons. The summed E-state index contributed by atoms with van der Waals surface area (Å²) >= 11 is 0. The number of aliphatic imine (C=N–C) groups is 1. The van der Waals surface area contributed by atoms with Crippen LogP contribution in [0.4, 0.5) is 0 Å². The predicted molar refractivity (Wildman–Crippen MR) is 35.6 cm³/mol. The van der Waals surface area contributed by atoms with Crippen molar-refractivity contribution in [1.82, 2.24) is 0 Å². The molecule has 0 bridgehead atoms. The molecule has 0 heterocycles. The van der Waals surface area contributed by atoms with Crippen molar-refractivity contribution in [2.24, 2.45) is 4.99 Å². The monoisotopic (exact) mass is 97.1 g/mol. The number of hydrogen-bond donors (Lipinski definition) is 0. The molecule has 1 heteroatoms. The summed E-state index contributed by atoms with van der Waals surface area (Å²) in [4.78, 5) is 3.42. The van der Waals surface area contributed by atoms with E-state index in [4.69, 9.17) is 0 Å². The largest absolute Gasteiger partial charge is 0.273 e. The molecule has 0 atom stereocenters. The first-order valence-electron chi connectivity index (χ1n) is 1.99. The molecule has 0 saturated heterocycles. The van der Waals surface area contributed by atoms with Crippen LogP contribution >= 0.6 is 0 Å². The molecule has 0 saturated carbocycles. The van der Waals surface area contributed by atoms with Crippen molar-refractivity contribution in [2.45, 2.75) is 6.92 Å². The Morgan fingerprint density at radius 3 is 1.86 bits per heavy atom. The molecule has 0 N–H and O–H groups in total. The van der Waals surface area contributed by atoms with E-state index in [1.165, 1.54) is 0 Å². The first-order chi connectivity index (χ1) is 3.41. The standard InChI is InChI=1S/C4H7N.C2H4/c1-3-4-5-2;1-2/h3-4H,2H2,1H3;1-2H2/b4-3-;. The van der Waals surface area contributed by atoms with Gasteiger partial charge in [0.05, 0.1) is 0 Å². The Morgan fingerprint density at radius 2 is 1.86 bits per heavy atom. The van der Waals surface area contributed by atoms with E-state index in [0.29, 0.717) is 0 Å². The van der Waals surface area contributed by atoms with Gasteiger partial charge in [0.15, 0.2) is 0 Å². The molecule has 0 fully saturated rings. The minimum Gasteiger partial charge on any atom is -0.273 e. The van der Waals surface area contributed by atoms with Crippen molar-refractivity contribution in [1.29, 1.82) is 0 Å². The third kappa shape index (κ3) is 38.6. The van der Waals surface area contributed by atoms with Crippen molar-refractivity contribution in [3.8, 4) is 0 Å². The number of nitrogens with zero attached hydrogens (tertiary/aromatic N) is 1. The van der Waals surface area contributed by atoms with Crippen LogP contribution < -0.4 is 0 Å². The third-order valence-electron chi connectivity index (χ3n) is 0.254. The Kier molecular flexibility index (Phi) is 26.0. The van der Waals surface area contributed by atoms with E-state index in [0.717, 1.165) is 0 Å². The second-order valence-electron chi connectivity index (χ2n) is 0.665. The van der Waals surface area contributed by atoms with Gasteiger partial charge in [-0.15, -0.1) is 13.2 Å². The van der Waals surface area contributed by atoms with Gasteiger partial charge in [-0.05, 0) is 13.6 Å². The lowest BCUT2D eigenvalue weighted by Crippen LogP contribution is -1.36. The van der Waals surface area contributed by atoms with Gasteiger partial charge in [-0.2, -0.15) is 0 Å². The van der Waals surface area contributed by atoms with Gasteiger partial charge in [-0.3, -0.25) is 4.99 Å². The van der Waals surface area contributed by atoms with Crippen molar-refractivity contribution in [3.05, 3.63) is 25.4 Å². The average Bonchev–Trinajstić information content (AvgIpc) is 1.75. The van der Waals surface area contributed by atoms with Gasteiger partial charge in [-0.25, -0.2) is 0 Å². The van der Waals surface area contributed by atoms with Crippen molar-refractivity contribution < 1.29 is 0 Å². The maximum Gasteiger partial charge on any atom is 0.0217 e. The van der Waals surface area contributed by atoms with E-state index in [9.17, 15) is 0 Å². The highest BCUT2D eigenvalue weighted by Crippen LogP contribution is 1.63. The zero-order valence-electron chi connectivity index (χ0n) is 4.72. The predicted octanol–water partition coefficient (Wildman–Crippen LogP) is 2.02. The summed E-state index contributed by atoms with van der Waals surface area (Å²) in [5.41, 5.74) is 0. The van der Waals surface area contributed by atoms with Gasteiger partial charge in [-0.1, -0.05) is 6.08 Å². The van der Waals surface area contributed by atoms with Crippen LogP contribution in [0.25, 0.3) is 0 Å². The lowest BCUT2D eigenvalue weighted by molar-refractivity contribution is 1.56. The molecule has 0 radical (unpaired) electrons. The first-order valence-corrected chi connectivity index (χ1v) is 1.99. The Balaban J connectivity index is 0. The smallest absolute Gasteiger partial charge is 0.0217 e. The highest BCUT2D eigenvalue weighted by molar-refractivity contribution is 5.25. The zero-order chi connectivity index (χ0) is 6.12. The van der Waals surface area contributed by atoms with Crippen molar-refractivity contribution in [2.75, 3.05) is 0 Å². The Morgan fingerprint density at radius 1 is 1.43 bits per heavy atom. The maximum absolute atomic E-state index is 3.42. The number of rotatable bonds is 1. The maximum atomic E-state index is 3.42. The normalized spacial score (nSPS) is 7.00. The highest BCUT2D eigenvalue weighted by atomic mass is 14.6. The topological polar surface area (TPSA) is 12.4 Å². The summed E-state index contributed by atoms with van der Waals surface area (Å²) in [5, 5.41) is 0. The summed E-state index contributed by atoms with van der Waals surface area (Å²) in [7, 11) is 0. The van der Waals surface area contributed by atoms with Crippen LogP contribution in [-0.2, 0) is 0 Å². The van der Waals surface area contributed by atoms with Gasteiger partial charge in [0.2, 0.25) is 0 Å². The molecule has 0 amide bonds. The molecule has 7 heavy (non-hydrogen) atoms.